The van der Waals surface area contributed by atoms with Crippen molar-refractivity contribution in [3.05, 3.63) is 18.2 Å². The maximum atomic E-state index is 12.4. The van der Waals surface area contributed by atoms with E-state index in [9.17, 15) is 22.8 Å². The Morgan fingerprint density at radius 3 is 2.88 bits per heavy atom. The van der Waals surface area contributed by atoms with Crippen LogP contribution in [0.1, 0.15) is 12.8 Å². The molecular formula is C15H15F3N4O3S. The predicted octanol–water partition coefficient (Wildman–Crippen LogP) is 2.08. The topological polar surface area (TPSA) is 97.6 Å². The molecule has 140 valence electrons. The number of likely N-dealkylation sites (tertiary alicyclic amines) is 1. The number of rotatable bonds is 4. The van der Waals surface area contributed by atoms with Gasteiger partial charge in [0.05, 0.1) is 16.8 Å². The summed E-state index contributed by atoms with van der Waals surface area (Å²) in [7, 11) is 0. The van der Waals surface area contributed by atoms with Crippen LogP contribution in [0, 0.1) is 0 Å². The van der Waals surface area contributed by atoms with Gasteiger partial charge in [-0.05, 0) is 25.0 Å². The quantitative estimate of drug-likeness (QED) is 0.836. The Labute approximate surface area is 149 Å². The van der Waals surface area contributed by atoms with E-state index < -0.39 is 18.3 Å². The highest BCUT2D eigenvalue weighted by atomic mass is 32.1. The fourth-order valence-electron chi connectivity index (χ4n) is 2.80. The van der Waals surface area contributed by atoms with Crippen LogP contribution in [0.3, 0.4) is 0 Å². The summed E-state index contributed by atoms with van der Waals surface area (Å²) in [5.41, 5.74) is 5.78. The number of hydrogen-bond donors (Lipinski definition) is 2. The molecule has 1 aromatic carbocycles. The molecular weight excluding hydrogens is 373 g/mol. The lowest BCUT2D eigenvalue weighted by atomic mass is 10.2. The predicted molar refractivity (Wildman–Crippen MR) is 88.7 cm³/mol. The highest BCUT2D eigenvalue weighted by molar-refractivity contribution is 7.22. The normalized spacial score (nSPS) is 17.5. The van der Waals surface area contributed by atoms with Crippen molar-refractivity contribution in [2.24, 2.45) is 5.73 Å². The average Bonchev–Trinajstić information content (AvgIpc) is 3.18. The lowest BCUT2D eigenvalue weighted by molar-refractivity contribution is -0.274. The second-order valence-electron chi connectivity index (χ2n) is 5.63. The second-order valence-corrected chi connectivity index (χ2v) is 6.67. The Morgan fingerprint density at radius 2 is 2.19 bits per heavy atom. The van der Waals surface area contributed by atoms with Gasteiger partial charge in [0, 0.05) is 12.6 Å². The summed E-state index contributed by atoms with van der Waals surface area (Å²) in [6.07, 6.45) is -3.56. The van der Waals surface area contributed by atoms with Gasteiger partial charge < -0.3 is 20.7 Å². The van der Waals surface area contributed by atoms with Crippen LogP contribution in [0.25, 0.3) is 10.2 Å². The van der Waals surface area contributed by atoms with Crippen molar-refractivity contribution in [2.75, 3.05) is 18.4 Å². The summed E-state index contributed by atoms with van der Waals surface area (Å²) < 4.78 is 41.2. The van der Waals surface area contributed by atoms with Crippen molar-refractivity contribution in [2.45, 2.75) is 25.2 Å². The van der Waals surface area contributed by atoms with Gasteiger partial charge in [-0.25, -0.2) is 4.98 Å². The molecule has 3 N–H and O–H groups in total. The van der Waals surface area contributed by atoms with Crippen LogP contribution >= 0.6 is 11.3 Å². The summed E-state index contributed by atoms with van der Waals surface area (Å²) in [5.74, 6) is -1.06. The first-order chi connectivity index (χ1) is 12.3. The number of carbonyl (C=O) groups excluding carboxylic acids is 2. The molecule has 1 aliphatic rings. The summed E-state index contributed by atoms with van der Waals surface area (Å²) in [6.45, 7) is 0.291. The minimum absolute atomic E-state index is 0.174. The first-order valence-corrected chi connectivity index (χ1v) is 8.55. The molecule has 3 rings (SSSR count). The molecule has 11 heteroatoms. The van der Waals surface area contributed by atoms with Crippen molar-refractivity contribution < 1.29 is 27.5 Å². The molecule has 1 fully saturated rings. The molecule has 1 unspecified atom stereocenters. The standard InChI is InChI=1S/C15H15F3N4O3S/c16-15(17,18)25-8-3-4-9-11(6-8)26-14(20-9)21-13(24)10-2-1-5-22(10)12(23)7-19/h3-4,6,10H,1-2,5,7,19H2,(H,20,21,24). The van der Waals surface area contributed by atoms with Gasteiger partial charge in [-0.3, -0.25) is 9.59 Å². The Morgan fingerprint density at radius 1 is 1.42 bits per heavy atom. The zero-order chi connectivity index (χ0) is 18.9. The number of amides is 2. The SMILES string of the molecule is NCC(=O)N1CCCC1C(=O)Nc1nc2ccc(OC(F)(F)F)cc2s1. The van der Waals surface area contributed by atoms with Crippen molar-refractivity contribution in [1.29, 1.82) is 0 Å². The highest BCUT2D eigenvalue weighted by Crippen LogP contribution is 2.32. The monoisotopic (exact) mass is 388 g/mol. The molecule has 1 saturated heterocycles. The van der Waals surface area contributed by atoms with Crippen LogP contribution in [-0.2, 0) is 9.59 Å². The number of nitrogens with one attached hydrogen (secondary N) is 1. The van der Waals surface area contributed by atoms with E-state index in [0.717, 1.165) is 17.4 Å². The third-order valence-electron chi connectivity index (χ3n) is 3.87. The van der Waals surface area contributed by atoms with Crippen LogP contribution in [-0.4, -0.2) is 47.2 Å². The van der Waals surface area contributed by atoms with E-state index in [-0.39, 0.29) is 23.3 Å². The van der Waals surface area contributed by atoms with Crippen molar-refractivity contribution in [3.63, 3.8) is 0 Å². The highest BCUT2D eigenvalue weighted by Gasteiger charge is 2.34. The number of benzene rings is 1. The van der Waals surface area contributed by atoms with Gasteiger partial charge in [-0.1, -0.05) is 11.3 Å². The molecule has 26 heavy (non-hydrogen) atoms. The fraction of sp³-hybridized carbons (Fsp3) is 0.400. The van der Waals surface area contributed by atoms with Gasteiger partial charge in [0.15, 0.2) is 5.13 Å². The van der Waals surface area contributed by atoms with Gasteiger partial charge in [0.1, 0.15) is 11.8 Å². The zero-order valence-corrected chi connectivity index (χ0v) is 14.2. The van der Waals surface area contributed by atoms with Gasteiger partial charge in [0.2, 0.25) is 11.8 Å². The van der Waals surface area contributed by atoms with Crippen molar-refractivity contribution in [3.8, 4) is 5.75 Å². The van der Waals surface area contributed by atoms with Crippen molar-refractivity contribution >= 4 is 38.5 Å². The number of halogens is 3. The average molecular weight is 388 g/mol. The van der Waals surface area contributed by atoms with E-state index in [0.29, 0.717) is 29.6 Å². The number of nitrogens with zero attached hydrogens (tertiary/aromatic N) is 2. The molecule has 2 heterocycles. The zero-order valence-electron chi connectivity index (χ0n) is 13.4. The number of carbonyl (C=O) groups is 2. The number of alkyl halides is 3. The smallest absolute Gasteiger partial charge is 0.406 e. The maximum absolute atomic E-state index is 12.4. The van der Waals surface area contributed by atoms with Crippen LogP contribution in [0.4, 0.5) is 18.3 Å². The van der Waals surface area contributed by atoms with Crippen molar-refractivity contribution in [1.82, 2.24) is 9.88 Å². The number of fused-ring (bicyclic) bond motifs is 1. The van der Waals surface area contributed by atoms with Gasteiger partial charge in [0.25, 0.3) is 0 Å². The molecule has 0 bridgehead atoms. The van der Waals surface area contributed by atoms with Gasteiger partial charge in [-0.2, -0.15) is 0 Å². The Balaban J connectivity index is 1.74. The minimum Gasteiger partial charge on any atom is -0.406 e. The molecule has 1 aromatic heterocycles. The number of hydrogen-bond acceptors (Lipinski definition) is 6. The van der Waals surface area contributed by atoms with E-state index in [1.54, 1.807) is 0 Å². The second kappa shape index (κ2) is 7.08. The Hall–Kier alpha value is -2.40. The number of nitrogens with two attached hydrogens (primary N) is 1. The Bertz CT molecular complexity index is 839. The summed E-state index contributed by atoms with van der Waals surface area (Å²) >= 11 is 1.02. The molecule has 2 aromatic rings. The summed E-state index contributed by atoms with van der Waals surface area (Å²) in [5, 5.41) is 2.86. The number of ether oxygens (including phenoxy) is 1. The third kappa shape index (κ3) is 4.05. The molecule has 1 atom stereocenters. The fourth-order valence-corrected chi connectivity index (χ4v) is 3.70. The first kappa shape index (κ1) is 18.4. The van der Waals surface area contributed by atoms with E-state index in [1.807, 2.05) is 0 Å². The Kier molecular flexibility index (Phi) is 5.01. The van der Waals surface area contributed by atoms with Crippen LogP contribution < -0.4 is 15.8 Å². The number of anilines is 1. The van der Waals surface area contributed by atoms with Crippen LogP contribution in [0.15, 0.2) is 18.2 Å². The summed E-state index contributed by atoms with van der Waals surface area (Å²) in [4.78, 5) is 29.8. The number of thiazole rings is 1. The van der Waals surface area contributed by atoms with E-state index in [2.05, 4.69) is 15.0 Å². The molecule has 0 radical (unpaired) electrons. The third-order valence-corrected chi connectivity index (χ3v) is 4.81. The van der Waals surface area contributed by atoms with Crippen LogP contribution in [0.5, 0.6) is 5.75 Å². The van der Waals surface area contributed by atoms with Gasteiger partial charge >= 0.3 is 6.36 Å². The molecule has 0 spiro atoms. The molecule has 0 saturated carbocycles. The first-order valence-electron chi connectivity index (χ1n) is 7.73. The maximum Gasteiger partial charge on any atom is 0.573 e. The van der Waals surface area contributed by atoms with Gasteiger partial charge in [-0.15, -0.1) is 13.2 Å². The summed E-state index contributed by atoms with van der Waals surface area (Å²) in [6, 6.07) is 3.11. The number of aromatic nitrogens is 1. The lowest BCUT2D eigenvalue weighted by Crippen LogP contribution is -2.45. The van der Waals surface area contributed by atoms with Crippen LogP contribution in [0.2, 0.25) is 0 Å². The molecule has 7 nitrogen and oxygen atoms in total. The molecule has 0 aliphatic carbocycles. The minimum atomic E-state index is -4.78. The molecule has 1 aliphatic heterocycles. The van der Waals surface area contributed by atoms with E-state index in [4.69, 9.17) is 5.73 Å². The largest absolute Gasteiger partial charge is 0.573 e. The molecule has 2 amide bonds. The van der Waals surface area contributed by atoms with E-state index >= 15 is 0 Å². The lowest BCUT2D eigenvalue weighted by Gasteiger charge is -2.22. The van der Waals surface area contributed by atoms with E-state index in [1.165, 1.54) is 17.0 Å².